The lowest BCUT2D eigenvalue weighted by molar-refractivity contribution is -0.116. The maximum Gasteiger partial charge on any atom is 0.224 e. The number of aryl methyl sites for hydroxylation is 1. The van der Waals surface area contributed by atoms with E-state index in [1.54, 1.807) is 11.3 Å². The van der Waals surface area contributed by atoms with Crippen LogP contribution >= 0.6 is 34.5 Å². The lowest BCUT2D eigenvalue weighted by Gasteiger charge is -2.36. The third kappa shape index (κ3) is 4.42. The average molecular weight is 490 g/mol. The molecule has 2 aromatic carbocycles. The summed E-state index contributed by atoms with van der Waals surface area (Å²) in [7, 11) is 0. The number of fused-ring (bicyclic) bond motifs is 2. The largest absolute Gasteiger partial charge is 0.490 e. The fourth-order valence-electron chi connectivity index (χ4n) is 4.49. The summed E-state index contributed by atoms with van der Waals surface area (Å²) in [5.41, 5.74) is 2.94. The Labute approximate surface area is 201 Å². The molecule has 8 heteroatoms. The minimum Gasteiger partial charge on any atom is -0.490 e. The molecule has 1 aromatic heterocycles. The van der Waals surface area contributed by atoms with Crippen molar-refractivity contribution in [2.75, 3.05) is 49.5 Å². The molecule has 5 nitrogen and oxygen atoms in total. The van der Waals surface area contributed by atoms with E-state index in [1.807, 2.05) is 6.07 Å². The predicted octanol–water partition coefficient (Wildman–Crippen LogP) is 5.68. The molecule has 0 radical (unpaired) electrons. The summed E-state index contributed by atoms with van der Waals surface area (Å²) in [6.45, 7) is 5.61. The highest BCUT2D eigenvalue weighted by Crippen LogP contribution is 2.43. The molecule has 0 unspecified atom stereocenters. The number of ether oxygens (including phenoxy) is 1. The van der Waals surface area contributed by atoms with Crippen LogP contribution in [-0.2, 0) is 11.2 Å². The van der Waals surface area contributed by atoms with E-state index in [1.165, 1.54) is 15.8 Å². The van der Waals surface area contributed by atoms with Gasteiger partial charge in [-0.25, -0.2) is 0 Å². The number of hydrogen-bond acceptors (Lipinski definition) is 5. The van der Waals surface area contributed by atoms with Crippen molar-refractivity contribution in [3.63, 3.8) is 0 Å². The maximum absolute atomic E-state index is 11.7. The number of anilines is 2. The van der Waals surface area contributed by atoms with Crippen molar-refractivity contribution in [2.24, 2.45) is 0 Å². The van der Waals surface area contributed by atoms with Crippen LogP contribution in [-0.4, -0.2) is 50.1 Å². The normalized spacial score (nSPS) is 16.8. The number of carbonyl (C=O) groups is 1. The van der Waals surface area contributed by atoms with Gasteiger partial charge in [0.15, 0.2) is 5.75 Å². The van der Waals surface area contributed by atoms with E-state index in [-0.39, 0.29) is 5.91 Å². The minimum absolute atomic E-state index is 0.0259. The van der Waals surface area contributed by atoms with Crippen molar-refractivity contribution in [2.45, 2.75) is 19.3 Å². The second-order valence-electron chi connectivity index (χ2n) is 8.22. The summed E-state index contributed by atoms with van der Waals surface area (Å²) in [6, 6.07) is 10.6. The van der Waals surface area contributed by atoms with Crippen LogP contribution in [0.5, 0.6) is 5.75 Å². The van der Waals surface area contributed by atoms with Crippen LogP contribution in [0.25, 0.3) is 10.1 Å². The number of amides is 1. The molecule has 32 heavy (non-hydrogen) atoms. The molecule has 3 heterocycles. The number of piperazine rings is 1. The van der Waals surface area contributed by atoms with Gasteiger partial charge in [0, 0.05) is 54.9 Å². The van der Waals surface area contributed by atoms with E-state index in [4.69, 9.17) is 27.9 Å². The van der Waals surface area contributed by atoms with Gasteiger partial charge in [-0.3, -0.25) is 9.69 Å². The molecule has 0 bridgehead atoms. The molecule has 1 fully saturated rings. The monoisotopic (exact) mass is 489 g/mol. The Morgan fingerprint density at radius 2 is 1.94 bits per heavy atom. The second-order valence-corrected chi connectivity index (χ2v) is 9.96. The lowest BCUT2D eigenvalue weighted by atomic mass is 10.0. The Hall–Kier alpha value is -1.99. The Balaban J connectivity index is 1.12. The smallest absolute Gasteiger partial charge is 0.224 e. The van der Waals surface area contributed by atoms with Gasteiger partial charge in [0.2, 0.25) is 5.91 Å². The van der Waals surface area contributed by atoms with Crippen LogP contribution in [0.1, 0.15) is 18.4 Å². The zero-order valence-electron chi connectivity index (χ0n) is 17.7. The Bertz CT molecular complexity index is 1140. The summed E-state index contributed by atoms with van der Waals surface area (Å²) in [5, 5.41) is 7.27. The Kier molecular flexibility index (Phi) is 6.47. The summed E-state index contributed by atoms with van der Waals surface area (Å²) in [5.74, 6) is 0.435. The van der Waals surface area contributed by atoms with Crippen molar-refractivity contribution in [1.29, 1.82) is 0 Å². The van der Waals surface area contributed by atoms with Gasteiger partial charge >= 0.3 is 0 Å². The molecule has 0 saturated carbocycles. The number of rotatable bonds is 6. The van der Waals surface area contributed by atoms with Crippen LogP contribution in [0.3, 0.4) is 0 Å². The van der Waals surface area contributed by atoms with Crippen molar-refractivity contribution in [3.8, 4) is 5.75 Å². The fraction of sp³-hybridized carbons (Fsp3) is 0.375. The molecule has 1 amide bonds. The molecular formula is C24H25Cl2N3O2S. The molecule has 3 aromatic rings. The molecule has 168 valence electrons. The Morgan fingerprint density at radius 1 is 1.09 bits per heavy atom. The van der Waals surface area contributed by atoms with Gasteiger partial charge in [-0.2, -0.15) is 0 Å². The highest BCUT2D eigenvalue weighted by atomic mass is 35.5. The quantitative estimate of drug-likeness (QED) is 0.452. The van der Waals surface area contributed by atoms with E-state index in [0.29, 0.717) is 40.9 Å². The zero-order chi connectivity index (χ0) is 22.1. The highest BCUT2D eigenvalue weighted by Gasteiger charge is 2.23. The minimum atomic E-state index is -0.0259. The van der Waals surface area contributed by atoms with Gasteiger partial charge in [-0.05, 0) is 48.1 Å². The summed E-state index contributed by atoms with van der Waals surface area (Å²) in [4.78, 5) is 16.7. The van der Waals surface area contributed by atoms with Gasteiger partial charge in [0.1, 0.15) is 5.02 Å². The number of carbonyl (C=O) groups excluding carboxylic acids is 1. The summed E-state index contributed by atoms with van der Waals surface area (Å²) >= 11 is 14.7. The topological polar surface area (TPSA) is 44.8 Å². The molecule has 5 rings (SSSR count). The van der Waals surface area contributed by atoms with Crippen LogP contribution in [0, 0.1) is 0 Å². The predicted molar refractivity (Wildman–Crippen MR) is 134 cm³/mol. The van der Waals surface area contributed by atoms with Crippen molar-refractivity contribution in [1.82, 2.24) is 4.90 Å². The fourth-order valence-corrected chi connectivity index (χ4v) is 5.95. The molecule has 0 spiro atoms. The third-order valence-corrected chi connectivity index (χ3v) is 7.72. The van der Waals surface area contributed by atoms with Gasteiger partial charge < -0.3 is 15.0 Å². The number of hydrogen-bond donors (Lipinski definition) is 1. The van der Waals surface area contributed by atoms with Gasteiger partial charge in [0.05, 0.1) is 17.3 Å². The van der Waals surface area contributed by atoms with Crippen molar-refractivity contribution >= 4 is 61.9 Å². The van der Waals surface area contributed by atoms with E-state index in [9.17, 15) is 4.79 Å². The Morgan fingerprint density at radius 3 is 2.78 bits per heavy atom. The van der Waals surface area contributed by atoms with E-state index < -0.39 is 0 Å². The number of benzene rings is 2. The standard InChI is InChI=1S/C24H25Cl2N3O2S/c25-18-15-16-5-6-21(30)27-23(16)22(26)24(18)31-13-2-8-28-9-11-29(12-10-28)19-3-1-4-20-17(19)7-14-32-20/h1,3-4,7,14-15H,2,5-6,8-13H2,(H,27,30). The van der Waals surface area contributed by atoms with Crippen molar-refractivity contribution in [3.05, 3.63) is 51.3 Å². The first-order valence-electron chi connectivity index (χ1n) is 11.0. The third-order valence-electron chi connectivity index (χ3n) is 6.19. The first kappa shape index (κ1) is 21.8. The van der Waals surface area contributed by atoms with Gasteiger partial charge in [0.25, 0.3) is 0 Å². The molecule has 0 atom stereocenters. The molecule has 2 aliphatic rings. The van der Waals surface area contributed by atoms with Crippen molar-refractivity contribution < 1.29 is 9.53 Å². The first-order chi connectivity index (χ1) is 15.6. The lowest BCUT2D eigenvalue weighted by Crippen LogP contribution is -2.46. The molecule has 0 aliphatic carbocycles. The van der Waals surface area contributed by atoms with E-state index in [0.717, 1.165) is 44.7 Å². The molecule has 2 aliphatic heterocycles. The van der Waals surface area contributed by atoms with Gasteiger partial charge in [-0.15, -0.1) is 11.3 Å². The highest BCUT2D eigenvalue weighted by molar-refractivity contribution is 7.17. The van der Waals surface area contributed by atoms with Crippen LogP contribution < -0.4 is 15.0 Å². The van der Waals surface area contributed by atoms with Crippen LogP contribution in [0.4, 0.5) is 11.4 Å². The summed E-state index contributed by atoms with van der Waals surface area (Å²) < 4.78 is 7.29. The first-order valence-corrected chi connectivity index (χ1v) is 12.6. The maximum atomic E-state index is 11.7. The van der Waals surface area contributed by atoms with E-state index in [2.05, 4.69) is 44.8 Å². The average Bonchev–Trinajstić information content (AvgIpc) is 3.29. The zero-order valence-corrected chi connectivity index (χ0v) is 20.0. The SMILES string of the molecule is O=C1CCc2cc(Cl)c(OCCCN3CCN(c4cccc5sccc45)CC3)c(Cl)c2N1. The summed E-state index contributed by atoms with van der Waals surface area (Å²) in [6.07, 6.45) is 1.99. The van der Waals surface area contributed by atoms with E-state index >= 15 is 0 Å². The molecule has 1 N–H and O–H groups in total. The number of thiophene rings is 1. The van der Waals surface area contributed by atoms with Crippen LogP contribution in [0.2, 0.25) is 10.0 Å². The number of halogens is 2. The molecular weight excluding hydrogens is 465 g/mol. The van der Waals surface area contributed by atoms with Gasteiger partial charge in [-0.1, -0.05) is 29.3 Å². The second kappa shape index (κ2) is 9.48. The van der Waals surface area contributed by atoms with Crippen LogP contribution in [0.15, 0.2) is 35.7 Å². The number of nitrogens with one attached hydrogen (secondary N) is 1. The number of nitrogens with zero attached hydrogens (tertiary/aromatic N) is 2. The molecule has 1 saturated heterocycles.